The SMILES string of the molecule is CC(=O)Nc1cccc(F)c1OC(F)F. The number of hydrogen-bond acceptors (Lipinski definition) is 2. The minimum Gasteiger partial charge on any atom is -0.429 e. The number of amides is 1. The first-order valence-corrected chi connectivity index (χ1v) is 4.01. The molecule has 0 aliphatic heterocycles. The van der Waals surface area contributed by atoms with Crippen LogP contribution in [-0.4, -0.2) is 12.5 Å². The molecule has 6 heteroatoms. The summed E-state index contributed by atoms with van der Waals surface area (Å²) in [7, 11) is 0. The fourth-order valence-corrected chi connectivity index (χ4v) is 1.01. The van der Waals surface area contributed by atoms with Crippen LogP contribution in [0.1, 0.15) is 6.92 Å². The Hall–Kier alpha value is -1.72. The molecule has 0 atom stereocenters. The molecule has 1 rings (SSSR count). The van der Waals surface area contributed by atoms with Crippen molar-refractivity contribution < 1.29 is 22.7 Å². The molecule has 1 aromatic carbocycles. The van der Waals surface area contributed by atoms with E-state index in [0.29, 0.717) is 0 Å². The fourth-order valence-electron chi connectivity index (χ4n) is 1.01. The summed E-state index contributed by atoms with van der Waals surface area (Å²) in [5, 5.41) is 2.18. The Morgan fingerprint density at radius 2 is 2.13 bits per heavy atom. The topological polar surface area (TPSA) is 38.3 Å². The van der Waals surface area contributed by atoms with Gasteiger partial charge in [-0.3, -0.25) is 4.79 Å². The summed E-state index contributed by atoms with van der Waals surface area (Å²) in [6, 6.07) is 3.50. The average Bonchev–Trinajstić information content (AvgIpc) is 2.09. The zero-order chi connectivity index (χ0) is 11.4. The van der Waals surface area contributed by atoms with Crippen molar-refractivity contribution in [1.82, 2.24) is 0 Å². The predicted octanol–water partition coefficient (Wildman–Crippen LogP) is 2.39. The van der Waals surface area contributed by atoms with Gasteiger partial charge in [0.15, 0.2) is 11.6 Å². The van der Waals surface area contributed by atoms with Crippen molar-refractivity contribution in [3.8, 4) is 5.75 Å². The van der Waals surface area contributed by atoms with Gasteiger partial charge in [-0.2, -0.15) is 8.78 Å². The predicted molar refractivity (Wildman–Crippen MR) is 47.3 cm³/mol. The summed E-state index contributed by atoms with van der Waals surface area (Å²) in [6.45, 7) is -1.97. The van der Waals surface area contributed by atoms with E-state index < -0.39 is 24.1 Å². The van der Waals surface area contributed by atoms with Crippen molar-refractivity contribution in [3.63, 3.8) is 0 Å². The van der Waals surface area contributed by atoms with Crippen LogP contribution in [0.25, 0.3) is 0 Å². The number of carbonyl (C=O) groups is 1. The highest BCUT2D eigenvalue weighted by atomic mass is 19.3. The van der Waals surface area contributed by atoms with Gasteiger partial charge in [0, 0.05) is 6.92 Å². The van der Waals surface area contributed by atoms with E-state index in [1.807, 2.05) is 0 Å². The molecule has 82 valence electrons. The lowest BCUT2D eigenvalue weighted by molar-refractivity contribution is -0.114. The highest BCUT2D eigenvalue weighted by Gasteiger charge is 2.15. The minimum atomic E-state index is -3.14. The monoisotopic (exact) mass is 219 g/mol. The van der Waals surface area contributed by atoms with Gasteiger partial charge in [-0.05, 0) is 12.1 Å². The molecule has 0 heterocycles. The maximum atomic E-state index is 13.1. The van der Waals surface area contributed by atoms with Crippen molar-refractivity contribution in [2.45, 2.75) is 13.5 Å². The summed E-state index contributed by atoms with van der Waals surface area (Å²) >= 11 is 0. The maximum absolute atomic E-state index is 13.1. The van der Waals surface area contributed by atoms with E-state index in [1.165, 1.54) is 19.1 Å². The van der Waals surface area contributed by atoms with Gasteiger partial charge in [0.2, 0.25) is 5.91 Å². The molecule has 0 spiro atoms. The molecule has 0 radical (unpaired) electrons. The van der Waals surface area contributed by atoms with E-state index in [2.05, 4.69) is 10.1 Å². The number of nitrogens with one attached hydrogen (secondary N) is 1. The van der Waals surface area contributed by atoms with E-state index in [-0.39, 0.29) is 5.69 Å². The molecule has 15 heavy (non-hydrogen) atoms. The zero-order valence-corrected chi connectivity index (χ0v) is 7.76. The quantitative estimate of drug-likeness (QED) is 0.847. The van der Waals surface area contributed by atoms with Crippen LogP contribution < -0.4 is 10.1 Å². The summed E-state index contributed by atoms with van der Waals surface area (Å²) in [5.41, 5.74) is -0.122. The van der Waals surface area contributed by atoms with Crippen LogP contribution in [0, 0.1) is 5.82 Å². The van der Waals surface area contributed by atoms with Crippen LogP contribution in [0.15, 0.2) is 18.2 Å². The molecule has 0 fully saturated rings. The normalized spacial score (nSPS) is 10.2. The molecule has 0 unspecified atom stereocenters. The Balaban J connectivity index is 3.02. The molecule has 3 nitrogen and oxygen atoms in total. The lowest BCUT2D eigenvalue weighted by Crippen LogP contribution is -2.11. The molecule has 0 aliphatic rings. The van der Waals surface area contributed by atoms with Gasteiger partial charge < -0.3 is 10.1 Å². The first kappa shape index (κ1) is 11.4. The van der Waals surface area contributed by atoms with E-state index in [9.17, 15) is 18.0 Å². The van der Waals surface area contributed by atoms with E-state index in [4.69, 9.17) is 0 Å². The Bertz CT molecular complexity index is 368. The van der Waals surface area contributed by atoms with E-state index in [0.717, 1.165) is 6.07 Å². The second-order valence-electron chi connectivity index (χ2n) is 2.68. The molecule has 1 aromatic rings. The first-order valence-electron chi connectivity index (χ1n) is 4.01. The molecular weight excluding hydrogens is 211 g/mol. The first-order chi connectivity index (χ1) is 7.00. The van der Waals surface area contributed by atoms with Crippen LogP contribution in [0.5, 0.6) is 5.75 Å². The smallest absolute Gasteiger partial charge is 0.387 e. The number of halogens is 3. The van der Waals surface area contributed by atoms with Crippen LogP contribution in [0.4, 0.5) is 18.9 Å². The number of benzene rings is 1. The maximum Gasteiger partial charge on any atom is 0.387 e. The van der Waals surface area contributed by atoms with Gasteiger partial charge in [0.1, 0.15) is 0 Å². The average molecular weight is 219 g/mol. The number of rotatable bonds is 3. The lowest BCUT2D eigenvalue weighted by Gasteiger charge is -2.11. The van der Waals surface area contributed by atoms with Gasteiger partial charge >= 0.3 is 6.61 Å². The zero-order valence-electron chi connectivity index (χ0n) is 7.76. The largest absolute Gasteiger partial charge is 0.429 e. The number of anilines is 1. The van der Waals surface area contributed by atoms with Crippen molar-refractivity contribution in [2.75, 3.05) is 5.32 Å². The molecule has 1 amide bonds. The number of hydrogen-bond donors (Lipinski definition) is 1. The third kappa shape index (κ3) is 3.16. The number of para-hydroxylation sites is 1. The van der Waals surface area contributed by atoms with Crippen LogP contribution >= 0.6 is 0 Å². The van der Waals surface area contributed by atoms with Crippen LogP contribution in [-0.2, 0) is 4.79 Å². The Morgan fingerprint density at radius 3 is 2.67 bits per heavy atom. The number of alkyl halides is 2. The summed E-state index contributed by atoms with van der Waals surface area (Å²) in [6.07, 6.45) is 0. The van der Waals surface area contributed by atoms with Crippen molar-refractivity contribution in [3.05, 3.63) is 24.0 Å². The summed E-state index contributed by atoms with van der Waals surface area (Å²) in [4.78, 5) is 10.7. The minimum absolute atomic E-state index is 0.122. The van der Waals surface area contributed by atoms with Gasteiger partial charge in [0.25, 0.3) is 0 Å². The molecular formula is C9H8F3NO2. The molecule has 0 bridgehead atoms. The standard InChI is InChI=1S/C9H8F3NO2/c1-5(14)13-7-4-2-3-6(10)8(7)15-9(11)12/h2-4,9H,1H3,(H,13,14). The highest BCUT2D eigenvalue weighted by molar-refractivity contribution is 5.90. The molecule has 0 aliphatic carbocycles. The summed E-state index contributed by atoms with van der Waals surface area (Å²) in [5.74, 6) is -2.12. The fraction of sp³-hybridized carbons (Fsp3) is 0.222. The van der Waals surface area contributed by atoms with Crippen molar-refractivity contribution in [1.29, 1.82) is 0 Å². The highest BCUT2D eigenvalue weighted by Crippen LogP contribution is 2.29. The second kappa shape index (κ2) is 4.68. The molecule has 0 aromatic heterocycles. The van der Waals surface area contributed by atoms with Gasteiger partial charge in [-0.1, -0.05) is 6.07 Å². The van der Waals surface area contributed by atoms with Crippen LogP contribution in [0.3, 0.4) is 0 Å². The Kier molecular flexibility index (Phi) is 3.54. The van der Waals surface area contributed by atoms with Gasteiger partial charge in [-0.15, -0.1) is 0 Å². The molecule has 0 saturated heterocycles. The third-order valence-corrected chi connectivity index (χ3v) is 1.48. The van der Waals surface area contributed by atoms with E-state index in [1.54, 1.807) is 0 Å². The Labute approximate surface area is 83.8 Å². The van der Waals surface area contributed by atoms with Gasteiger partial charge in [0.05, 0.1) is 5.69 Å². The lowest BCUT2D eigenvalue weighted by atomic mass is 10.3. The summed E-state index contributed by atoms with van der Waals surface area (Å²) < 4.78 is 40.8. The molecule has 1 N–H and O–H groups in total. The Morgan fingerprint density at radius 1 is 1.47 bits per heavy atom. The van der Waals surface area contributed by atoms with Gasteiger partial charge in [-0.25, -0.2) is 4.39 Å². The second-order valence-corrected chi connectivity index (χ2v) is 2.68. The third-order valence-electron chi connectivity index (χ3n) is 1.48. The molecule has 0 saturated carbocycles. The van der Waals surface area contributed by atoms with Crippen molar-refractivity contribution >= 4 is 11.6 Å². The number of carbonyl (C=O) groups excluding carboxylic acids is 1. The number of ether oxygens (including phenoxy) is 1. The van der Waals surface area contributed by atoms with E-state index >= 15 is 0 Å². The van der Waals surface area contributed by atoms with Crippen LogP contribution in [0.2, 0.25) is 0 Å². The van der Waals surface area contributed by atoms with Crippen molar-refractivity contribution in [2.24, 2.45) is 0 Å².